The molecule has 0 aliphatic heterocycles. The molecule has 0 saturated heterocycles. The molecule has 0 fully saturated rings. The zero-order valence-corrected chi connectivity index (χ0v) is 25.1. The maximum absolute atomic E-state index is 7.36. The van der Waals surface area contributed by atoms with E-state index in [1.165, 1.54) is 22.0 Å². The second kappa shape index (κ2) is 8.06. The normalized spacial score (nSPS) is 15.1. The van der Waals surface area contributed by atoms with Gasteiger partial charge in [-0.05, 0) is 21.8 Å². The van der Waals surface area contributed by atoms with Crippen molar-refractivity contribution in [2.45, 2.75) is 118 Å². The lowest BCUT2D eigenvalue weighted by Gasteiger charge is -2.50. The molecule has 1 rings (SSSR count). The van der Waals surface area contributed by atoms with Crippen LogP contribution in [0.4, 0.5) is 0 Å². The van der Waals surface area contributed by atoms with Gasteiger partial charge in [0.2, 0.25) is 0 Å². The first-order valence-corrected chi connectivity index (χ1v) is 19.5. The highest BCUT2D eigenvalue weighted by Gasteiger charge is 2.37. The Labute approximate surface area is 186 Å². The monoisotopic (exact) mass is 447 g/mol. The summed E-state index contributed by atoms with van der Waals surface area (Å²) in [6.45, 7) is 36.1. The average molecular weight is 448 g/mol. The van der Waals surface area contributed by atoms with E-state index in [0.717, 1.165) is 0 Å². The van der Waals surface area contributed by atoms with Crippen LogP contribution < -0.4 is 5.30 Å². The van der Waals surface area contributed by atoms with E-state index >= 15 is 0 Å². The summed E-state index contributed by atoms with van der Waals surface area (Å²) < 4.78 is 0. The molecule has 0 aromatic heterocycles. The largest absolute Gasteiger partial charge is 0.313 e. The van der Waals surface area contributed by atoms with Gasteiger partial charge in [-0.1, -0.05) is 130 Å². The molecule has 0 N–H and O–H groups in total. The SMILES string of the molecule is [CH-]=[P+](c1c(C(C)(C)C)cc(C(C)(C)C)cc1C(C)(C)C)[C-]([Si](C)(C)C)[Si](C)(C)C. The maximum atomic E-state index is 7.36. The van der Waals surface area contributed by atoms with Crippen molar-refractivity contribution in [3.05, 3.63) is 33.7 Å². The molecule has 0 spiro atoms. The summed E-state index contributed by atoms with van der Waals surface area (Å²) in [6.07, 6.45) is 7.36. The Morgan fingerprint density at radius 2 is 0.966 bits per heavy atom. The van der Waals surface area contributed by atoms with Crippen LogP contribution >= 0.6 is 7.55 Å². The van der Waals surface area contributed by atoms with Gasteiger partial charge in [0.25, 0.3) is 0 Å². The van der Waals surface area contributed by atoms with Gasteiger partial charge in [-0.2, -0.15) is 0 Å². The number of hydrogen-bond acceptors (Lipinski definition) is 0. The topological polar surface area (TPSA) is 0 Å². The lowest BCUT2D eigenvalue weighted by molar-refractivity contribution is 0.553. The third kappa shape index (κ3) is 6.40. The van der Waals surface area contributed by atoms with Gasteiger partial charge in [-0.25, -0.2) is 7.55 Å². The molecule has 1 unspecified atom stereocenters. The van der Waals surface area contributed by atoms with Gasteiger partial charge in [0.1, 0.15) is 0 Å². The van der Waals surface area contributed by atoms with Crippen molar-refractivity contribution in [2.24, 2.45) is 0 Å². The van der Waals surface area contributed by atoms with Crippen molar-refractivity contribution < 1.29 is 0 Å². The molecular weight excluding hydrogens is 399 g/mol. The van der Waals surface area contributed by atoms with E-state index in [2.05, 4.69) is 114 Å². The third-order valence-electron chi connectivity index (χ3n) is 5.49. The van der Waals surface area contributed by atoms with Gasteiger partial charge in [-0.3, -0.25) is 0 Å². The van der Waals surface area contributed by atoms with E-state index in [0.29, 0.717) is 0 Å². The molecular formula is C26H48PSi2-. The number of benzene rings is 1. The Balaban J connectivity index is 4.09. The van der Waals surface area contributed by atoms with Crippen molar-refractivity contribution in [3.63, 3.8) is 0 Å². The molecule has 0 aliphatic carbocycles. The fourth-order valence-electron chi connectivity index (χ4n) is 4.43. The summed E-state index contributed by atoms with van der Waals surface area (Å²) in [5.41, 5.74) is 4.64. The first-order valence-electron chi connectivity index (χ1n) is 11.1. The molecule has 0 nitrogen and oxygen atoms in total. The van der Waals surface area contributed by atoms with E-state index in [1.54, 1.807) is 4.91 Å². The standard InChI is InChI=1S/C26H48PSi2/c1-24(2,3)19-17-20(25(4,5)6)22(21(18-19)26(7,8)9)27(10)23(28(11,12)13)29(14,15)16/h10,17-18H,1-9,11-16H3/q-1. The minimum absolute atomic E-state index is 0.0700. The van der Waals surface area contributed by atoms with E-state index in [9.17, 15) is 0 Å². The van der Waals surface area contributed by atoms with Gasteiger partial charge in [0.15, 0.2) is 0 Å². The van der Waals surface area contributed by atoms with Gasteiger partial charge < -0.3 is 6.30 Å². The highest BCUT2D eigenvalue weighted by molar-refractivity contribution is 7.73. The molecule has 29 heavy (non-hydrogen) atoms. The van der Waals surface area contributed by atoms with Crippen molar-refractivity contribution in [3.8, 4) is 0 Å². The number of hydrogen-bond donors (Lipinski definition) is 0. The summed E-state index contributed by atoms with van der Waals surface area (Å²) in [5, 5.41) is 1.48. The molecule has 0 bridgehead atoms. The van der Waals surface area contributed by atoms with Gasteiger partial charge in [-0.15, -0.1) is 4.91 Å². The zero-order chi connectivity index (χ0) is 23.4. The Morgan fingerprint density at radius 3 is 1.17 bits per heavy atom. The first kappa shape index (κ1) is 26.9. The highest BCUT2D eigenvalue weighted by atomic mass is 31.1. The van der Waals surface area contributed by atoms with E-state index in [4.69, 9.17) is 6.30 Å². The van der Waals surface area contributed by atoms with E-state index in [1.807, 2.05) is 0 Å². The zero-order valence-electron chi connectivity index (χ0n) is 22.2. The summed E-state index contributed by atoms with van der Waals surface area (Å²) in [6, 6.07) is 4.97. The van der Waals surface area contributed by atoms with Crippen molar-refractivity contribution in [1.82, 2.24) is 0 Å². The third-order valence-corrected chi connectivity index (χ3v) is 19.8. The predicted octanol–water partition coefficient (Wildman–Crippen LogP) is 8.28. The summed E-state index contributed by atoms with van der Waals surface area (Å²) in [4.78, 5) is 1.76. The molecule has 1 atom stereocenters. The van der Waals surface area contributed by atoms with Gasteiger partial charge >= 0.3 is 0 Å². The lowest BCUT2D eigenvalue weighted by Crippen LogP contribution is -2.46. The second-order valence-corrected chi connectivity index (χ2v) is 26.9. The van der Waals surface area contributed by atoms with Crippen LogP contribution in [0, 0.1) is 4.91 Å². The fourth-order valence-corrected chi connectivity index (χ4v) is 21.4. The molecule has 3 heteroatoms. The van der Waals surface area contributed by atoms with Crippen LogP contribution in [-0.4, -0.2) is 22.4 Å². The average Bonchev–Trinajstić information content (AvgIpc) is 2.39. The minimum Gasteiger partial charge on any atom is -0.313 e. The Kier molecular flexibility index (Phi) is 7.47. The molecule has 166 valence electrons. The quantitative estimate of drug-likeness (QED) is 0.247. The van der Waals surface area contributed by atoms with Crippen molar-refractivity contribution >= 4 is 35.3 Å². The fraction of sp³-hybridized carbons (Fsp3) is 0.692. The molecule has 1 aromatic rings. The van der Waals surface area contributed by atoms with Crippen LogP contribution in [0.3, 0.4) is 0 Å². The molecule has 0 aliphatic rings. The summed E-state index contributed by atoms with van der Waals surface area (Å²) >= 11 is 0. The minimum atomic E-state index is -1.50. The maximum Gasteiger partial charge on any atom is 0.0893 e. The van der Waals surface area contributed by atoms with Crippen LogP contribution in [0.2, 0.25) is 39.3 Å². The van der Waals surface area contributed by atoms with Crippen LogP contribution in [-0.2, 0) is 16.2 Å². The highest BCUT2D eigenvalue weighted by Crippen LogP contribution is 2.50. The molecule has 0 heterocycles. The molecule has 0 saturated carbocycles. The second-order valence-electron chi connectivity index (χ2n) is 13.9. The Hall–Kier alpha value is -0.176. The van der Waals surface area contributed by atoms with E-state index < -0.39 is 23.7 Å². The first-order chi connectivity index (χ1) is 12.5. The van der Waals surface area contributed by atoms with Crippen molar-refractivity contribution in [1.29, 1.82) is 0 Å². The Morgan fingerprint density at radius 1 is 0.655 bits per heavy atom. The molecule has 0 radical (unpaired) electrons. The molecule has 1 aromatic carbocycles. The van der Waals surface area contributed by atoms with E-state index in [-0.39, 0.29) is 16.2 Å². The number of rotatable bonds is 4. The van der Waals surface area contributed by atoms with Crippen LogP contribution in [0.5, 0.6) is 0 Å². The van der Waals surface area contributed by atoms with Crippen LogP contribution in [0.1, 0.15) is 79.0 Å². The van der Waals surface area contributed by atoms with Gasteiger partial charge in [0.05, 0.1) is 5.30 Å². The van der Waals surface area contributed by atoms with Gasteiger partial charge in [0, 0.05) is 11.1 Å². The summed E-state index contributed by atoms with van der Waals surface area (Å²) in [7, 11) is -3.79. The molecule has 0 amide bonds. The smallest absolute Gasteiger partial charge is 0.0893 e. The van der Waals surface area contributed by atoms with Crippen LogP contribution in [0.25, 0.3) is 0 Å². The lowest BCUT2D eigenvalue weighted by atomic mass is 9.75. The van der Waals surface area contributed by atoms with Crippen LogP contribution in [0.15, 0.2) is 12.1 Å². The summed E-state index contributed by atoms with van der Waals surface area (Å²) in [5.74, 6) is 0. The van der Waals surface area contributed by atoms with Crippen molar-refractivity contribution in [2.75, 3.05) is 0 Å². The Bertz CT molecular complexity index is 705. The predicted molar refractivity (Wildman–Crippen MR) is 145 cm³/mol.